The molecule has 1 fully saturated rings. The maximum atomic E-state index is 13.3. The van der Waals surface area contributed by atoms with Crippen LogP contribution in [-0.2, 0) is 0 Å². The van der Waals surface area contributed by atoms with Gasteiger partial charge in [-0.25, -0.2) is 0 Å². The summed E-state index contributed by atoms with van der Waals surface area (Å²) in [6.07, 6.45) is -0.908. The van der Waals surface area contributed by atoms with Crippen LogP contribution in [0.15, 0.2) is 65.2 Å². The molecule has 1 atom stereocenters. The number of aromatic nitrogens is 1. The summed E-state index contributed by atoms with van der Waals surface area (Å²) in [5, 5.41) is 14.2. The highest BCUT2D eigenvalue weighted by Crippen LogP contribution is 2.30. The number of hydrogen-bond acceptors (Lipinski definition) is 5. The summed E-state index contributed by atoms with van der Waals surface area (Å²) in [6.45, 7) is 4.30. The quantitative estimate of drug-likeness (QED) is 0.755. The molecule has 2 aromatic carbocycles. The van der Waals surface area contributed by atoms with Crippen molar-refractivity contribution in [2.24, 2.45) is 0 Å². The minimum atomic E-state index is -0.908. The molecule has 0 spiro atoms. The molecule has 1 N–H and O–H groups in total. The first-order valence-corrected chi connectivity index (χ1v) is 9.47. The van der Waals surface area contributed by atoms with Crippen molar-refractivity contribution < 1.29 is 14.4 Å². The van der Waals surface area contributed by atoms with Crippen molar-refractivity contribution in [2.75, 3.05) is 31.1 Å². The van der Waals surface area contributed by atoms with Gasteiger partial charge in [0, 0.05) is 37.4 Å². The van der Waals surface area contributed by atoms with Crippen molar-refractivity contribution >= 4 is 11.6 Å². The van der Waals surface area contributed by atoms with Crippen LogP contribution in [0.25, 0.3) is 11.3 Å². The zero-order valence-corrected chi connectivity index (χ0v) is 15.8. The topological polar surface area (TPSA) is 69.8 Å². The van der Waals surface area contributed by atoms with E-state index in [0.29, 0.717) is 24.3 Å². The fraction of sp³-hybridized carbons (Fsp3) is 0.273. The van der Waals surface area contributed by atoms with Gasteiger partial charge in [0.05, 0.1) is 0 Å². The number of piperazine rings is 1. The first-order valence-electron chi connectivity index (χ1n) is 9.47. The van der Waals surface area contributed by atoms with E-state index in [0.717, 1.165) is 24.3 Å². The van der Waals surface area contributed by atoms with E-state index in [1.807, 2.05) is 53.4 Å². The molecule has 6 heteroatoms. The van der Waals surface area contributed by atoms with Crippen LogP contribution in [0.5, 0.6) is 0 Å². The van der Waals surface area contributed by atoms with Gasteiger partial charge in [0.1, 0.15) is 17.4 Å². The average Bonchev–Trinajstić information content (AvgIpc) is 3.20. The highest BCUT2D eigenvalue weighted by atomic mass is 16.5. The number of benzene rings is 2. The van der Waals surface area contributed by atoms with Gasteiger partial charge in [0.15, 0.2) is 5.76 Å². The van der Waals surface area contributed by atoms with Crippen LogP contribution in [-0.4, -0.2) is 47.2 Å². The molecule has 28 heavy (non-hydrogen) atoms. The summed E-state index contributed by atoms with van der Waals surface area (Å²) < 4.78 is 5.36. The Labute approximate surface area is 164 Å². The second kappa shape index (κ2) is 7.86. The number of aliphatic hydroxyl groups excluding tert-OH is 1. The molecule has 4 rings (SSSR count). The molecule has 1 unspecified atom stereocenters. The van der Waals surface area contributed by atoms with Gasteiger partial charge in [-0.3, -0.25) is 4.79 Å². The number of para-hydroxylation sites is 1. The molecule has 144 valence electrons. The molecule has 0 radical (unpaired) electrons. The molecule has 3 aromatic rings. The highest BCUT2D eigenvalue weighted by molar-refractivity contribution is 6.01. The number of anilines is 1. The van der Waals surface area contributed by atoms with Crippen molar-refractivity contribution in [3.8, 4) is 11.3 Å². The fourth-order valence-corrected chi connectivity index (χ4v) is 3.55. The largest absolute Gasteiger partial charge is 0.385 e. The van der Waals surface area contributed by atoms with Gasteiger partial charge in [0.2, 0.25) is 0 Å². The maximum absolute atomic E-state index is 13.3. The predicted molar refractivity (Wildman–Crippen MR) is 107 cm³/mol. The van der Waals surface area contributed by atoms with Crippen LogP contribution >= 0.6 is 0 Å². The summed E-state index contributed by atoms with van der Waals surface area (Å²) in [5.74, 6) is 0.0676. The van der Waals surface area contributed by atoms with E-state index < -0.39 is 6.10 Å². The predicted octanol–water partition coefficient (Wildman–Crippen LogP) is 3.36. The molecule has 1 aromatic heterocycles. The van der Waals surface area contributed by atoms with E-state index in [1.165, 1.54) is 0 Å². The van der Waals surface area contributed by atoms with E-state index >= 15 is 0 Å². The third kappa shape index (κ3) is 3.51. The molecule has 1 saturated heterocycles. The summed E-state index contributed by atoms with van der Waals surface area (Å²) >= 11 is 0. The molecule has 1 aliphatic rings. The molecule has 1 aliphatic heterocycles. The van der Waals surface area contributed by atoms with E-state index in [2.05, 4.69) is 22.2 Å². The van der Waals surface area contributed by atoms with Crippen molar-refractivity contribution in [3.05, 3.63) is 72.0 Å². The minimum absolute atomic E-state index is 0.149. The van der Waals surface area contributed by atoms with Crippen LogP contribution in [0.1, 0.15) is 29.1 Å². The van der Waals surface area contributed by atoms with Crippen LogP contribution < -0.4 is 4.90 Å². The van der Waals surface area contributed by atoms with Crippen molar-refractivity contribution in [3.63, 3.8) is 0 Å². The number of carbonyl (C=O) groups excluding carboxylic acids is 1. The number of rotatable bonds is 4. The van der Waals surface area contributed by atoms with Crippen LogP contribution in [0, 0.1) is 0 Å². The Bertz CT molecular complexity index is 930. The molecular formula is C22H23N3O3. The molecule has 1 amide bonds. The monoisotopic (exact) mass is 377 g/mol. The Morgan fingerprint density at radius 1 is 1.00 bits per heavy atom. The normalized spacial score (nSPS) is 15.5. The molecule has 6 nitrogen and oxygen atoms in total. The zero-order valence-electron chi connectivity index (χ0n) is 15.8. The van der Waals surface area contributed by atoms with Gasteiger partial charge in [-0.15, -0.1) is 0 Å². The fourth-order valence-electron chi connectivity index (χ4n) is 3.55. The Morgan fingerprint density at radius 2 is 1.61 bits per heavy atom. The lowest BCUT2D eigenvalue weighted by atomic mass is 10.0. The lowest BCUT2D eigenvalue weighted by molar-refractivity contribution is 0.0735. The third-order valence-electron chi connectivity index (χ3n) is 5.05. The molecule has 0 aliphatic carbocycles. The van der Waals surface area contributed by atoms with Gasteiger partial charge < -0.3 is 19.4 Å². The van der Waals surface area contributed by atoms with Crippen LogP contribution in [0.2, 0.25) is 0 Å². The lowest BCUT2D eigenvalue weighted by Crippen LogP contribution is -2.49. The number of aliphatic hydroxyl groups is 1. The van der Waals surface area contributed by atoms with Gasteiger partial charge >= 0.3 is 0 Å². The summed E-state index contributed by atoms with van der Waals surface area (Å²) in [7, 11) is 0. The van der Waals surface area contributed by atoms with Crippen molar-refractivity contribution in [1.29, 1.82) is 0 Å². The van der Waals surface area contributed by atoms with E-state index in [4.69, 9.17) is 4.52 Å². The Hall–Kier alpha value is -3.12. The standard InChI is InChI=1S/C22H23N3O3/c1-16(26)21-19(20(23-28-21)17-8-4-2-5-9-17)22(27)25-14-12-24(13-15-25)18-10-6-3-7-11-18/h2-11,16,26H,12-15H2,1H3. The average molecular weight is 377 g/mol. The Kier molecular flexibility index (Phi) is 5.12. The SMILES string of the molecule is CC(O)c1onc(-c2ccccc2)c1C(=O)N1CCN(c2ccccc2)CC1. The molecule has 0 saturated carbocycles. The number of amides is 1. The van der Waals surface area contributed by atoms with Gasteiger partial charge in [-0.05, 0) is 19.1 Å². The van der Waals surface area contributed by atoms with Gasteiger partial charge in [0.25, 0.3) is 5.91 Å². The van der Waals surface area contributed by atoms with Crippen LogP contribution in [0.3, 0.4) is 0 Å². The highest BCUT2D eigenvalue weighted by Gasteiger charge is 2.31. The first-order chi connectivity index (χ1) is 13.6. The summed E-state index contributed by atoms with van der Waals surface area (Å²) in [5.41, 5.74) is 2.79. The lowest BCUT2D eigenvalue weighted by Gasteiger charge is -2.36. The van der Waals surface area contributed by atoms with Crippen molar-refractivity contribution in [2.45, 2.75) is 13.0 Å². The second-order valence-electron chi connectivity index (χ2n) is 6.93. The smallest absolute Gasteiger partial charge is 0.259 e. The Balaban J connectivity index is 1.58. The zero-order chi connectivity index (χ0) is 19.5. The third-order valence-corrected chi connectivity index (χ3v) is 5.05. The number of carbonyl (C=O) groups is 1. The minimum Gasteiger partial charge on any atom is -0.385 e. The Morgan fingerprint density at radius 3 is 2.21 bits per heavy atom. The molecule has 2 heterocycles. The van der Waals surface area contributed by atoms with E-state index in [-0.39, 0.29) is 11.7 Å². The molecular weight excluding hydrogens is 354 g/mol. The second-order valence-corrected chi connectivity index (χ2v) is 6.93. The number of hydrogen-bond donors (Lipinski definition) is 1. The van der Waals surface area contributed by atoms with Crippen molar-refractivity contribution in [1.82, 2.24) is 10.1 Å². The number of nitrogens with zero attached hydrogens (tertiary/aromatic N) is 3. The summed E-state index contributed by atoms with van der Waals surface area (Å²) in [4.78, 5) is 17.4. The van der Waals surface area contributed by atoms with Crippen LogP contribution in [0.4, 0.5) is 5.69 Å². The van der Waals surface area contributed by atoms with Gasteiger partial charge in [-0.2, -0.15) is 0 Å². The van der Waals surface area contributed by atoms with Gasteiger partial charge in [-0.1, -0.05) is 53.7 Å². The van der Waals surface area contributed by atoms with E-state index in [1.54, 1.807) is 6.92 Å². The van der Waals surface area contributed by atoms with E-state index in [9.17, 15) is 9.90 Å². The summed E-state index contributed by atoms with van der Waals surface area (Å²) in [6, 6.07) is 19.6. The molecule has 0 bridgehead atoms. The maximum Gasteiger partial charge on any atom is 0.259 e. The first kappa shape index (κ1) is 18.3.